The van der Waals surface area contributed by atoms with Gasteiger partial charge in [0.25, 0.3) is 5.69 Å². The summed E-state index contributed by atoms with van der Waals surface area (Å²) in [4.78, 5) is 34.8. The summed E-state index contributed by atoms with van der Waals surface area (Å²) in [7, 11) is 1.21. The molecule has 3 aromatic rings. The summed E-state index contributed by atoms with van der Waals surface area (Å²) < 4.78 is 6.13. The second-order valence-electron chi connectivity index (χ2n) is 5.73. The first-order valence-electron chi connectivity index (χ1n) is 7.96. The Bertz CT molecular complexity index is 1010. The van der Waals surface area contributed by atoms with Crippen LogP contribution >= 0.6 is 0 Å². The topological polar surface area (TPSA) is 91.4 Å². The molecule has 0 amide bonds. The van der Waals surface area contributed by atoms with E-state index in [9.17, 15) is 19.7 Å². The summed E-state index contributed by atoms with van der Waals surface area (Å²) in [6.07, 6.45) is 2.00. The Hall–Kier alpha value is -3.48. The lowest BCUT2D eigenvalue weighted by Gasteiger charge is -2.07. The number of fused-ring (bicyclic) bond motifs is 1. The van der Waals surface area contributed by atoms with Gasteiger partial charge in [0, 0.05) is 29.6 Å². The van der Waals surface area contributed by atoms with Crippen molar-refractivity contribution in [2.45, 2.75) is 12.8 Å². The molecule has 0 aliphatic carbocycles. The van der Waals surface area contributed by atoms with Gasteiger partial charge in [0.15, 0.2) is 0 Å². The summed E-state index contributed by atoms with van der Waals surface area (Å²) in [6.45, 7) is 0. The largest absolute Gasteiger partial charge is 0.465 e. The van der Waals surface area contributed by atoms with E-state index in [4.69, 9.17) is 0 Å². The molecule has 3 rings (SSSR count). The molecule has 0 bridgehead atoms. The number of aryl methyl sites for hydroxylation is 1. The highest BCUT2D eigenvalue weighted by Gasteiger charge is 2.19. The van der Waals surface area contributed by atoms with Crippen LogP contribution in [0.2, 0.25) is 0 Å². The summed E-state index contributed by atoms with van der Waals surface area (Å²) in [6, 6.07) is 13.5. The number of ether oxygens (including phenoxy) is 1. The minimum absolute atomic E-state index is 0.102. The molecule has 0 unspecified atom stereocenters. The molecule has 0 fully saturated rings. The van der Waals surface area contributed by atoms with Gasteiger partial charge in [-0.15, -0.1) is 0 Å². The maximum Gasteiger partial charge on any atom is 0.338 e. The molecular weight excluding hydrogens is 336 g/mol. The molecule has 0 N–H and O–H groups in total. The number of esters is 1. The Morgan fingerprint density at radius 1 is 1.15 bits per heavy atom. The Morgan fingerprint density at radius 2 is 1.92 bits per heavy atom. The van der Waals surface area contributed by atoms with Crippen molar-refractivity contribution in [3.8, 4) is 0 Å². The molecule has 0 aliphatic heterocycles. The first-order chi connectivity index (χ1) is 12.5. The minimum Gasteiger partial charge on any atom is -0.465 e. The Morgan fingerprint density at radius 3 is 2.65 bits per heavy atom. The molecule has 0 atom stereocenters. The van der Waals surface area contributed by atoms with Crippen molar-refractivity contribution in [2.24, 2.45) is 0 Å². The number of carbonyl (C=O) groups is 2. The molecule has 0 spiro atoms. The molecule has 0 radical (unpaired) electrons. The number of nitrogens with zero attached hydrogens (tertiary/aromatic N) is 2. The SMILES string of the molecule is COC(=O)c1ccc(CCC(=O)n2ccc3ccccc32)c([N+](=O)[O-])c1. The predicted molar refractivity (Wildman–Crippen MR) is 95.3 cm³/mol. The van der Waals surface area contributed by atoms with E-state index >= 15 is 0 Å². The van der Waals surface area contributed by atoms with Gasteiger partial charge >= 0.3 is 5.97 Å². The van der Waals surface area contributed by atoms with Crippen molar-refractivity contribution < 1.29 is 19.2 Å². The highest BCUT2D eigenvalue weighted by atomic mass is 16.6. The van der Waals surface area contributed by atoms with Crippen LogP contribution in [0.4, 0.5) is 5.69 Å². The Labute approximate surface area is 149 Å². The van der Waals surface area contributed by atoms with Crippen LogP contribution in [0.25, 0.3) is 10.9 Å². The number of methoxy groups -OCH3 is 1. The van der Waals surface area contributed by atoms with Crippen molar-refractivity contribution in [1.29, 1.82) is 0 Å². The van der Waals surface area contributed by atoms with Crippen LogP contribution in [0.15, 0.2) is 54.7 Å². The summed E-state index contributed by atoms with van der Waals surface area (Å²) in [5.41, 5.74) is 1.10. The van der Waals surface area contributed by atoms with Crippen LogP contribution in [0.1, 0.15) is 27.1 Å². The van der Waals surface area contributed by atoms with Gasteiger partial charge in [0.05, 0.1) is 23.1 Å². The molecular formula is C19H16N2O5. The smallest absolute Gasteiger partial charge is 0.338 e. The second kappa shape index (κ2) is 7.18. The lowest BCUT2D eigenvalue weighted by Crippen LogP contribution is -2.11. The second-order valence-corrected chi connectivity index (χ2v) is 5.73. The molecule has 1 heterocycles. The molecule has 0 saturated carbocycles. The maximum absolute atomic E-state index is 12.5. The minimum atomic E-state index is -0.644. The van der Waals surface area contributed by atoms with E-state index in [1.54, 1.807) is 10.8 Å². The van der Waals surface area contributed by atoms with Crippen molar-refractivity contribution in [2.75, 3.05) is 7.11 Å². The average Bonchev–Trinajstić information content (AvgIpc) is 3.09. The van der Waals surface area contributed by atoms with Gasteiger partial charge in [-0.1, -0.05) is 24.3 Å². The molecule has 7 nitrogen and oxygen atoms in total. The van der Waals surface area contributed by atoms with Gasteiger partial charge in [-0.2, -0.15) is 0 Å². The van der Waals surface area contributed by atoms with Crippen LogP contribution in [0.5, 0.6) is 0 Å². The van der Waals surface area contributed by atoms with Crippen molar-refractivity contribution in [1.82, 2.24) is 4.57 Å². The summed E-state index contributed by atoms with van der Waals surface area (Å²) >= 11 is 0. The standard InChI is InChI=1S/C19H16N2O5/c1-26-19(23)15-7-6-14(17(12-15)21(24)25)8-9-18(22)20-11-10-13-4-2-3-5-16(13)20/h2-7,10-12H,8-9H2,1H3. The number of carbonyl (C=O) groups excluding carboxylic acids is 2. The number of nitro benzene ring substituents is 1. The molecule has 1 aromatic heterocycles. The van der Waals surface area contributed by atoms with E-state index in [-0.39, 0.29) is 30.0 Å². The first kappa shape index (κ1) is 17.3. The Kier molecular flexibility index (Phi) is 4.79. The van der Waals surface area contributed by atoms with Gasteiger partial charge in [-0.05, 0) is 24.6 Å². The monoisotopic (exact) mass is 352 g/mol. The van der Waals surface area contributed by atoms with E-state index in [1.807, 2.05) is 30.3 Å². The number of benzene rings is 2. The first-order valence-corrected chi connectivity index (χ1v) is 7.96. The number of rotatable bonds is 5. The fraction of sp³-hybridized carbons (Fsp3) is 0.158. The maximum atomic E-state index is 12.5. The van der Waals surface area contributed by atoms with Gasteiger partial charge in [-0.3, -0.25) is 19.5 Å². The van der Waals surface area contributed by atoms with Crippen LogP contribution in [0, 0.1) is 10.1 Å². The zero-order valence-electron chi connectivity index (χ0n) is 14.0. The Balaban J connectivity index is 1.81. The quantitative estimate of drug-likeness (QED) is 0.397. The molecule has 7 heteroatoms. The molecule has 0 aliphatic rings. The van der Waals surface area contributed by atoms with E-state index in [0.717, 1.165) is 10.9 Å². The molecule has 26 heavy (non-hydrogen) atoms. The fourth-order valence-electron chi connectivity index (χ4n) is 2.85. The summed E-state index contributed by atoms with van der Waals surface area (Å²) in [5.74, 6) is -0.799. The summed E-state index contributed by atoms with van der Waals surface area (Å²) in [5, 5.41) is 12.2. The third-order valence-electron chi connectivity index (χ3n) is 4.18. The fourth-order valence-corrected chi connectivity index (χ4v) is 2.85. The van der Waals surface area contributed by atoms with Crippen molar-refractivity contribution in [3.05, 3.63) is 76.0 Å². The average molecular weight is 352 g/mol. The van der Waals surface area contributed by atoms with Gasteiger partial charge in [0.1, 0.15) is 0 Å². The van der Waals surface area contributed by atoms with Gasteiger partial charge in [-0.25, -0.2) is 4.79 Å². The zero-order chi connectivity index (χ0) is 18.7. The zero-order valence-corrected chi connectivity index (χ0v) is 14.0. The number of nitro groups is 1. The molecule has 0 saturated heterocycles. The van der Waals surface area contributed by atoms with Crippen molar-refractivity contribution in [3.63, 3.8) is 0 Å². The van der Waals surface area contributed by atoms with Gasteiger partial charge in [0.2, 0.25) is 5.91 Å². The lowest BCUT2D eigenvalue weighted by atomic mass is 10.0. The van der Waals surface area contributed by atoms with E-state index in [1.165, 1.54) is 25.3 Å². The highest BCUT2D eigenvalue weighted by Crippen LogP contribution is 2.23. The van der Waals surface area contributed by atoms with Crippen LogP contribution < -0.4 is 0 Å². The number of hydrogen-bond acceptors (Lipinski definition) is 5. The molecule has 2 aromatic carbocycles. The third kappa shape index (κ3) is 3.32. The number of hydrogen-bond donors (Lipinski definition) is 0. The predicted octanol–water partition coefficient (Wildman–Crippen LogP) is 3.61. The highest BCUT2D eigenvalue weighted by molar-refractivity contribution is 5.93. The lowest BCUT2D eigenvalue weighted by molar-refractivity contribution is -0.385. The molecule has 132 valence electrons. The van der Waals surface area contributed by atoms with Crippen LogP contribution in [-0.2, 0) is 11.2 Å². The van der Waals surface area contributed by atoms with E-state index in [2.05, 4.69) is 4.74 Å². The number of para-hydroxylation sites is 1. The normalized spacial score (nSPS) is 10.7. The van der Waals surface area contributed by atoms with E-state index in [0.29, 0.717) is 5.56 Å². The van der Waals surface area contributed by atoms with Crippen molar-refractivity contribution >= 4 is 28.5 Å². The third-order valence-corrected chi connectivity index (χ3v) is 4.18. The van der Waals surface area contributed by atoms with Crippen LogP contribution in [0.3, 0.4) is 0 Å². The van der Waals surface area contributed by atoms with Gasteiger partial charge < -0.3 is 4.74 Å². The number of aromatic nitrogens is 1. The van der Waals surface area contributed by atoms with Crippen LogP contribution in [-0.4, -0.2) is 28.5 Å². The van der Waals surface area contributed by atoms with E-state index < -0.39 is 10.9 Å².